The molecule has 0 aromatic carbocycles. The normalized spacial score (nSPS) is 18.5. The van der Waals surface area contributed by atoms with Crippen LogP contribution in [0.4, 0.5) is 0 Å². The highest BCUT2D eigenvalue weighted by Crippen LogP contribution is 2.34. The lowest BCUT2D eigenvalue weighted by molar-refractivity contribution is 0.519. The summed E-state index contributed by atoms with van der Waals surface area (Å²) in [6.07, 6.45) is 10.8. The summed E-state index contributed by atoms with van der Waals surface area (Å²) in [7, 11) is -1.57. The van der Waals surface area contributed by atoms with E-state index in [0.717, 1.165) is 0 Å². The van der Waals surface area contributed by atoms with Crippen molar-refractivity contribution >= 4 is 8.07 Å². The lowest BCUT2D eigenvalue weighted by Crippen LogP contribution is -2.29. The fourth-order valence-corrected chi connectivity index (χ4v) is 4.26. The minimum absolute atomic E-state index is 0.193. The SMILES string of the molecule is CC(C)(C)C1=C=C([Si](C)(C)C2=C=CC=C2)C=C1. The Kier molecular flexibility index (Phi) is 2.79. The first-order valence-electron chi connectivity index (χ1n) is 6.15. The largest absolute Gasteiger partial charge is 0.131 e. The van der Waals surface area contributed by atoms with Crippen LogP contribution in [0.3, 0.4) is 0 Å². The molecule has 2 rings (SSSR count). The Morgan fingerprint density at radius 3 is 2.18 bits per heavy atom. The van der Waals surface area contributed by atoms with Crippen LogP contribution in [0.1, 0.15) is 20.8 Å². The van der Waals surface area contributed by atoms with Gasteiger partial charge in [0.25, 0.3) is 0 Å². The van der Waals surface area contributed by atoms with Crippen molar-refractivity contribution in [1.29, 1.82) is 0 Å². The van der Waals surface area contributed by atoms with E-state index in [1.807, 2.05) is 6.08 Å². The number of hydrogen-bond donors (Lipinski definition) is 0. The predicted molar refractivity (Wildman–Crippen MR) is 77.4 cm³/mol. The molecule has 2 aliphatic rings. The van der Waals surface area contributed by atoms with Gasteiger partial charge in [-0.25, -0.2) is 0 Å². The highest BCUT2D eigenvalue weighted by molar-refractivity contribution is 6.91. The quantitative estimate of drug-likeness (QED) is 0.493. The molecule has 0 radical (unpaired) electrons. The smallest absolute Gasteiger partial charge is 0.121 e. The van der Waals surface area contributed by atoms with Gasteiger partial charge in [-0.3, -0.25) is 0 Å². The zero-order chi connectivity index (χ0) is 12.7. The third-order valence-electron chi connectivity index (χ3n) is 3.44. The van der Waals surface area contributed by atoms with Crippen molar-refractivity contribution in [3.63, 3.8) is 0 Å². The molecule has 0 unspecified atom stereocenters. The topological polar surface area (TPSA) is 0 Å². The average Bonchev–Trinajstić information content (AvgIpc) is 2.89. The van der Waals surface area contributed by atoms with E-state index < -0.39 is 8.07 Å². The molecule has 88 valence electrons. The lowest BCUT2D eigenvalue weighted by atomic mass is 9.88. The van der Waals surface area contributed by atoms with Gasteiger partial charge < -0.3 is 0 Å². The first kappa shape index (κ1) is 12.2. The summed E-state index contributed by atoms with van der Waals surface area (Å²) in [4.78, 5) is 0. The van der Waals surface area contributed by atoms with Crippen molar-refractivity contribution < 1.29 is 0 Å². The molecule has 0 aromatic heterocycles. The molecule has 0 amide bonds. The van der Waals surface area contributed by atoms with Gasteiger partial charge in [-0.15, -0.1) is 11.5 Å². The van der Waals surface area contributed by atoms with Crippen molar-refractivity contribution in [3.8, 4) is 0 Å². The van der Waals surface area contributed by atoms with Gasteiger partial charge in [-0.1, -0.05) is 58.2 Å². The van der Waals surface area contributed by atoms with Crippen molar-refractivity contribution in [2.45, 2.75) is 33.9 Å². The molecule has 1 heteroatoms. The molecule has 0 N–H and O–H groups in total. The lowest BCUT2D eigenvalue weighted by Gasteiger charge is -2.21. The molecule has 0 saturated carbocycles. The molecule has 0 bridgehead atoms. The minimum atomic E-state index is -1.57. The van der Waals surface area contributed by atoms with Gasteiger partial charge in [0.15, 0.2) is 0 Å². The van der Waals surface area contributed by atoms with Crippen LogP contribution in [0.25, 0.3) is 0 Å². The summed E-state index contributed by atoms with van der Waals surface area (Å²) in [5, 5.41) is 2.77. The van der Waals surface area contributed by atoms with E-state index in [9.17, 15) is 0 Å². The molecule has 0 atom stereocenters. The van der Waals surface area contributed by atoms with Gasteiger partial charge in [0.1, 0.15) is 8.07 Å². The van der Waals surface area contributed by atoms with E-state index >= 15 is 0 Å². The molecule has 0 nitrogen and oxygen atoms in total. The van der Waals surface area contributed by atoms with E-state index in [2.05, 4.69) is 69.6 Å². The van der Waals surface area contributed by atoms with E-state index in [1.54, 1.807) is 0 Å². The Morgan fingerprint density at radius 2 is 1.71 bits per heavy atom. The molecule has 0 aromatic rings. The summed E-state index contributed by atoms with van der Waals surface area (Å²) in [6, 6.07) is 0. The standard InChI is InChI=1S/C16H20Si/c1-16(2,3)13-10-11-15(12-13)17(4,5)14-8-6-7-9-14/h6-8,10-11H,1-5H3. The predicted octanol–water partition coefficient (Wildman–Crippen LogP) is 4.49. The molecule has 0 spiro atoms. The second-order valence-corrected chi connectivity index (χ2v) is 10.6. The summed E-state index contributed by atoms with van der Waals surface area (Å²) in [6.45, 7) is 11.5. The molecular weight excluding hydrogens is 220 g/mol. The van der Waals surface area contributed by atoms with Crippen molar-refractivity contribution in [2.75, 3.05) is 0 Å². The monoisotopic (exact) mass is 240 g/mol. The highest BCUT2D eigenvalue weighted by atomic mass is 28.3. The Morgan fingerprint density at radius 1 is 1.00 bits per heavy atom. The second-order valence-electron chi connectivity index (χ2n) is 6.24. The fourth-order valence-electron chi connectivity index (χ4n) is 2.06. The minimum Gasteiger partial charge on any atom is -0.121 e. The summed E-state index contributed by atoms with van der Waals surface area (Å²) >= 11 is 0. The van der Waals surface area contributed by atoms with E-state index in [1.165, 1.54) is 16.0 Å². The second kappa shape index (κ2) is 3.89. The van der Waals surface area contributed by atoms with Gasteiger partial charge >= 0.3 is 0 Å². The van der Waals surface area contributed by atoms with E-state index in [-0.39, 0.29) is 5.41 Å². The van der Waals surface area contributed by atoms with Crippen LogP contribution < -0.4 is 0 Å². The van der Waals surface area contributed by atoms with Gasteiger partial charge in [0.05, 0.1) is 0 Å². The zero-order valence-corrected chi connectivity index (χ0v) is 12.4. The molecule has 0 saturated heterocycles. The van der Waals surface area contributed by atoms with E-state index in [4.69, 9.17) is 0 Å². The maximum Gasteiger partial charge on any atom is 0.131 e. The number of allylic oxidation sites excluding steroid dienone is 6. The van der Waals surface area contributed by atoms with Gasteiger partial charge in [0.2, 0.25) is 0 Å². The van der Waals surface area contributed by atoms with Crippen molar-refractivity contribution in [3.05, 3.63) is 57.8 Å². The first-order valence-corrected chi connectivity index (χ1v) is 9.15. The van der Waals surface area contributed by atoms with Gasteiger partial charge in [-0.05, 0) is 27.5 Å². The van der Waals surface area contributed by atoms with Crippen LogP contribution in [0.5, 0.6) is 0 Å². The van der Waals surface area contributed by atoms with Crippen LogP contribution in [0.15, 0.2) is 57.8 Å². The molecule has 0 fully saturated rings. The van der Waals surface area contributed by atoms with E-state index in [0.29, 0.717) is 0 Å². The van der Waals surface area contributed by atoms with Crippen LogP contribution in [0, 0.1) is 5.41 Å². The summed E-state index contributed by atoms with van der Waals surface area (Å²) in [5.41, 5.74) is 8.50. The fraction of sp³-hybridized carbons (Fsp3) is 0.375. The number of hydrogen-bond acceptors (Lipinski definition) is 0. The third kappa shape index (κ3) is 2.23. The van der Waals surface area contributed by atoms with Crippen molar-refractivity contribution in [1.82, 2.24) is 0 Å². The Labute approximate surface area is 105 Å². The highest BCUT2D eigenvalue weighted by Gasteiger charge is 2.31. The molecule has 17 heavy (non-hydrogen) atoms. The first-order chi connectivity index (χ1) is 7.82. The number of rotatable bonds is 2. The Hall–Kier alpha value is -1.26. The maximum atomic E-state index is 3.62. The Balaban J connectivity index is 2.44. The average molecular weight is 240 g/mol. The third-order valence-corrected chi connectivity index (χ3v) is 6.73. The molecule has 0 heterocycles. The van der Waals surface area contributed by atoms with Gasteiger partial charge in [-0.2, -0.15) is 0 Å². The van der Waals surface area contributed by atoms with Gasteiger partial charge in [0, 0.05) is 0 Å². The summed E-state index contributed by atoms with van der Waals surface area (Å²) in [5.74, 6) is 0. The summed E-state index contributed by atoms with van der Waals surface area (Å²) < 4.78 is 0. The van der Waals surface area contributed by atoms with Crippen LogP contribution in [-0.4, -0.2) is 8.07 Å². The van der Waals surface area contributed by atoms with Crippen LogP contribution in [-0.2, 0) is 0 Å². The molecule has 2 aliphatic carbocycles. The Bertz CT molecular complexity index is 533. The molecular formula is C16H20Si. The van der Waals surface area contributed by atoms with Crippen LogP contribution in [0.2, 0.25) is 13.1 Å². The maximum absolute atomic E-state index is 3.62. The van der Waals surface area contributed by atoms with Crippen molar-refractivity contribution in [2.24, 2.45) is 5.41 Å². The van der Waals surface area contributed by atoms with Crippen LogP contribution >= 0.6 is 0 Å². The molecule has 0 aliphatic heterocycles. The zero-order valence-electron chi connectivity index (χ0n) is 11.4.